The van der Waals surface area contributed by atoms with Gasteiger partial charge in [0.2, 0.25) is 0 Å². The molecule has 14 heavy (non-hydrogen) atoms. The summed E-state index contributed by atoms with van der Waals surface area (Å²) in [5.74, 6) is 0. The molecule has 1 heterocycles. The van der Waals surface area contributed by atoms with Crippen LogP contribution >= 0.6 is 11.3 Å². The van der Waals surface area contributed by atoms with Crippen LogP contribution < -0.4 is 5.73 Å². The molecule has 2 N–H and O–H groups in total. The van der Waals surface area contributed by atoms with Gasteiger partial charge in [-0.05, 0) is 31.5 Å². The molecule has 2 heteroatoms. The van der Waals surface area contributed by atoms with Crippen LogP contribution in [-0.2, 0) is 0 Å². The van der Waals surface area contributed by atoms with E-state index in [1.165, 1.54) is 21.6 Å². The first-order chi connectivity index (χ1) is 6.65. The highest BCUT2D eigenvalue weighted by Crippen LogP contribution is 2.30. The van der Waals surface area contributed by atoms with E-state index >= 15 is 0 Å². The van der Waals surface area contributed by atoms with Gasteiger partial charge in [0.25, 0.3) is 0 Å². The average Bonchev–Trinajstić information content (AvgIpc) is 2.50. The summed E-state index contributed by atoms with van der Waals surface area (Å²) >= 11 is 1.64. The largest absolute Gasteiger partial charge is 0.391 e. The Morgan fingerprint density at radius 2 is 1.64 bits per heavy atom. The molecule has 0 unspecified atom stereocenters. The van der Waals surface area contributed by atoms with Gasteiger partial charge in [0.05, 0.1) is 5.00 Å². The number of aryl methyl sites for hydroxylation is 2. The molecule has 1 aromatic heterocycles. The van der Waals surface area contributed by atoms with E-state index in [-0.39, 0.29) is 0 Å². The molecule has 0 atom stereocenters. The van der Waals surface area contributed by atoms with E-state index in [1.807, 2.05) is 6.07 Å². The van der Waals surface area contributed by atoms with Crippen molar-refractivity contribution in [2.45, 2.75) is 13.8 Å². The van der Waals surface area contributed by atoms with Crippen LogP contribution in [0.5, 0.6) is 0 Å². The normalized spacial score (nSPS) is 10.4. The topological polar surface area (TPSA) is 26.0 Å². The quantitative estimate of drug-likeness (QED) is 0.752. The minimum absolute atomic E-state index is 0.874. The molecule has 0 saturated carbocycles. The molecule has 0 bridgehead atoms. The maximum Gasteiger partial charge on any atom is 0.0862 e. The summed E-state index contributed by atoms with van der Waals surface area (Å²) in [6.07, 6.45) is 0. The molecule has 0 aliphatic heterocycles. The number of anilines is 1. The Bertz CT molecular complexity index is 437. The zero-order valence-electron chi connectivity index (χ0n) is 8.37. The number of nitrogens with two attached hydrogens (primary N) is 1. The predicted octanol–water partition coefficient (Wildman–Crippen LogP) is 3.61. The number of benzene rings is 1. The van der Waals surface area contributed by atoms with E-state index in [1.54, 1.807) is 11.3 Å². The highest BCUT2D eigenvalue weighted by Gasteiger charge is 2.01. The number of hydrogen-bond acceptors (Lipinski definition) is 2. The average molecular weight is 203 g/mol. The summed E-state index contributed by atoms with van der Waals surface area (Å²) in [7, 11) is 0. The van der Waals surface area contributed by atoms with Gasteiger partial charge in [-0.25, -0.2) is 0 Å². The molecule has 0 fully saturated rings. The summed E-state index contributed by atoms with van der Waals surface area (Å²) in [4.78, 5) is 1.24. The van der Waals surface area contributed by atoms with Crippen LogP contribution in [0.3, 0.4) is 0 Å². The van der Waals surface area contributed by atoms with Crippen LogP contribution in [0.2, 0.25) is 0 Å². The van der Waals surface area contributed by atoms with Crippen LogP contribution in [0.4, 0.5) is 5.00 Å². The van der Waals surface area contributed by atoms with Crippen molar-refractivity contribution < 1.29 is 0 Å². The molecule has 2 rings (SSSR count). The molecule has 2 aromatic rings. The fourth-order valence-corrected chi connectivity index (χ4v) is 2.39. The number of thiophene rings is 1. The summed E-state index contributed by atoms with van der Waals surface area (Å²) in [5, 5.41) is 0.874. The lowest BCUT2D eigenvalue weighted by Gasteiger charge is -2.01. The number of nitrogen functional groups attached to an aromatic ring is 1. The fraction of sp³-hybridized carbons (Fsp3) is 0.167. The standard InChI is InChI=1S/C12H13NS/c1-8-5-9(2)7-10(6-8)11-3-4-12(13)14-11/h3-7H,13H2,1-2H3. The third-order valence-corrected chi connectivity index (χ3v) is 3.10. The second-order valence-electron chi connectivity index (χ2n) is 3.58. The zero-order chi connectivity index (χ0) is 10.1. The molecule has 0 aliphatic carbocycles. The molecule has 0 saturated heterocycles. The molecule has 1 aromatic carbocycles. The van der Waals surface area contributed by atoms with Gasteiger partial charge in [0, 0.05) is 4.88 Å². The first-order valence-corrected chi connectivity index (χ1v) is 5.41. The van der Waals surface area contributed by atoms with E-state index in [9.17, 15) is 0 Å². The van der Waals surface area contributed by atoms with Crippen LogP contribution in [0, 0.1) is 13.8 Å². The van der Waals surface area contributed by atoms with Crippen molar-refractivity contribution in [1.29, 1.82) is 0 Å². The SMILES string of the molecule is Cc1cc(C)cc(-c2ccc(N)s2)c1. The molecular weight excluding hydrogens is 190 g/mol. The minimum Gasteiger partial charge on any atom is -0.391 e. The Labute approximate surface area is 88.2 Å². The predicted molar refractivity (Wildman–Crippen MR) is 63.6 cm³/mol. The van der Waals surface area contributed by atoms with Crippen molar-refractivity contribution in [3.63, 3.8) is 0 Å². The van der Waals surface area contributed by atoms with Gasteiger partial charge in [0.1, 0.15) is 0 Å². The summed E-state index contributed by atoms with van der Waals surface area (Å²) in [6, 6.07) is 10.6. The monoisotopic (exact) mass is 203 g/mol. The number of hydrogen-bond donors (Lipinski definition) is 1. The Hall–Kier alpha value is -1.28. The molecule has 1 nitrogen and oxygen atoms in total. The van der Waals surface area contributed by atoms with E-state index in [0.717, 1.165) is 5.00 Å². The molecule has 0 radical (unpaired) electrons. The lowest BCUT2D eigenvalue weighted by molar-refractivity contribution is 1.39. The molecule has 0 aliphatic rings. The summed E-state index contributed by atoms with van der Waals surface area (Å²) in [6.45, 7) is 4.24. The van der Waals surface area contributed by atoms with Gasteiger partial charge < -0.3 is 5.73 Å². The van der Waals surface area contributed by atoms with E-state index in [0.29, 0.717) is 0 Å². The molecule has 72 valence electrons. The minimum atomic E-state index is 0.874. The van der Waals surface area contributed by atoms with Crippen LogP contribution in [-0.4, -0.2) is 0 Å². The Balaban J connectivity index is 2.51. The number of rotatable bonds is 1. The van der Waals surface area contributed by atoms with Crippen molar-refractivity contribution in [3.8, 4) is 10.4 Å². The second kappa shape index (κ2) is 3.46. The van der Waals surface area contributed by atoms with Crippen molar-refractivity contribution >= 4 is 16.3 Å². The Morgan fingerprint density at radius 1 is 1.00 bits per heavy atom. The third kappa shape index (κ3) is 1.80. The van der Waals surface area contributed by atoms with Gasteiger partial charge in [-0.15, -0.1) is 11.3 Å². The van der Waals surface area contributed by atoms with Crippen molar-refractivity contribution in [3.05, 3.63) is 41.5 Å². The van der Waals surface area contributed by atoms with E-state index in [2.05, 4.69) is 38.1 Å². The first-order valence-electron chi connectivity index (χ1n) is 4.59. The molecular formula is C12H13NS. The zero-order valence-corrected chi connectivity index (χ0v) is 9.19. The van der Waals surface area contributed by atoms with Crippen LogP contribution in [0.1, 0.15) is 11.1 Å². The summed E-state index contributed by atoms with van der Waals surface area (Å²) < 4.78 is 0. The summed E-state index contributed by atoms with van der Waals surface area (Å²) in [5.41, 5.74) is 9.57. The van der Waals surface area contributed by atoms with E-state index in [4.69, 9.17) is 5.73 Å². The Kier molecular flexibility index (Phi) is 2.30. The third-order valence-electron chi connectivity index (χ3n) is 2.13. The molecule has 0 amide bonds. The Morgan fingerprint density at radius 3 is 2.14 bits per heavy atom. The van der Waals surface area contributed by atoms with Crippen LogP contribution in [0.25, 0.3) is 10.4 Å². The highest BCUT2D eigenvalue weighted by molar-refractivity contribution is 7.19. The maximum absolute atomic E-state index is 5.71. The fourth-order valence-electron chi connectivity index (χ4n) is 1.62. The lowest BCUT2D eigenvalue weighted by Crippen LogP contribution is -1.79. The lowest BCUT2D eigenvalue weighted by atomic mass is 10.1. The second-order valence-corrected chi connectivity index (χ2v) is 4.69. The van der Waals surface area contributed by atoms with Crippen molar-refractivity contribution in [2.24, 2.45) is 0 Å². The van der Waals surface area contributed by atoms with Crippen molar-refractivity contribution in [1.82, 2.24) is 0 Å². The smallest absolute Gasteiger partial charge is 0.0862 e. The maximum atomic E-state index is 5.71. The van der Waals surface area contributed by atoms with Gasteiger partial charge in [-0.1, -0.05) is 29.3 Å². The molecule has 0 spiro atoms. The van der Waals surface area contributed by atoms with Gasteiger partial charge in [0.15, 0.2) is 0 Å². The van der Waals surface area contributed by atoms with Crippen molar-refractivity contribution in [2.75, 3.05) is 5.73 Å². The first kappa shape index (κ1) is 9.28. The highest BCUT2D eigenvalue weighted by atomic mass is 32.1. The van der Waals surface area contributed by atoms with Gasteiger partial charge >= 0.3 is 0 Å². The van der Waals surface area contributed by atoms with Gasteiger partial charge in [-0.3, -0.25) is 0 Å². The van der Waals surface area contributed by atoms with E-state index < -0.39 is 0 Å². The van der Waals surface area contributed by atoms with Crippen LogP contribution in [0.15, 0.2) is 30.3 Å². The van der Waals surface area contributed by atoms with Gasteiger partial charge in [-0.2, -0.15) is 0 Å².